The predicted octanol–water partition coefficient (Wildman–Crippen LogP) is 6.68. The lowest BCUT2D eigenvalue weighted by Crippen LogP contribution is -2.54. The number of terminal acetylenes is 1. The van der Waals surface area contributed by atoms with Gasteiger partial charge in [-0.1, -0.05) is 62.2 Å². The summed E-state index contributed by atoms with van der Waals surface area (Å²) in [6.07, 6.45) is 5.26. The van der Waals surface area contributed by atoms with Gasteiger partial charge < -0.3 is 20.3 Å². The van der Waals surface area contributed by atoms with E-state index in [1.807, 2.05) is 70.2 Å². The van der Waals surface area contributed by atoms with Crippen LogP contribution in [0.15, 0.2) is 66.7 Å². The van der Waals surface area contributed by atoms with Gasteiger partial charge in [-0.05, 0) is 87.6 Å². The summed E-state index contributed by atoms with van der Waals surface area (Å²) in [6.45, 7) is 12.9. The highest BCUT2D eigenvalue weighted by atomic mass is 16.6. The average Bonchev–Trinajstić information content (AvgIpc) is 2.89. The fourth-order valence-electron chi connectivity index (χ4n) is 4.68. The van der Waals surface area contributed by atoms with Gasteiger partial charge in [0.2, 0.25) is 5.91 Å². The number of nitrogens with one attached hydrogen (secondary N) is 2. The number of carbonyl (C=O) groups is 3. The Labute approximate surface area is 243 Å². The van der Waals surface area contributed by atoms with Crippen LogP contribution in [0.4, 0.5) is 10.5 Å². The molecular formula is C34H41N3O4. The third-order valence-electron chi connectivity index (χ3n) is 6.44. The van der Waals surface area contributed by atoms with Crippen molar-refractivity contribution in [2.24, 2.45) is 5.92 Å². The number of alkyl carbamates (subject to hydrolysis) is 1. The number of carbonyl (C=O) groups excluding carboxylic acids is 3. The predicted molar refractivity (Wildman–Crippen MR) is 164 cm³/mol. The van der Waals surface area contributed by atoms with Gasteiger partial charge in [0.05, 0.1) is 0 Å². The Morgan fingerprint density at radius 3 is 2.12 bits per heavy atom. The molecule has 0 fully saturated rings. The highest BCUT2D eigenvalue weighted by molar-refractivity contribution is 6.00. The van der Waals surface area contributed by atoms with Crippen molar-refractivity contribution < 1.29 is 19.1 Å². The van der Waals surface area contributed by atoms with Crippen molar-refractivity contribution in [3.05, 3.63) is 77.9 Å². The second-order valence-electron chi connectivity index (χ2n) is 11.9. The SMILES string of the molecule is C#Cc1ccc(C(C(=O)Nc2ccc3ccccc3c2)N(C(=O)C(CC(C)C)NC(=O)OC(C)(C)C)C(C)C)cc1. The molecule has 0 aliphatic heterocycles. The van der Waals surface area contributed by atoms with Gasteiger partial charge in [-0.2, -0.15) is 0 Å². The summed E-state index contributed by atoms with van der Waals surface area (Å²) in [5.74, 6) is 1.93. The maximum atomic E-state index is 14.2. The van der Waals surface area contributed by atoms with E-state index in [-0.39, 0.29) is 23.8 Å². The maximum absolute atomic E-state index is 14.2. The average molecular weight is 556 g/mol. The lowest BCUT2D eigenvalue weighted by molar-refractivity contribution is -0.143. The smallest absolute Gasteiger partial charge is 0.408 e. The molecule has 3 amide bonds. The van der Waals surface area contributed by atoms with Crippen LogP contribution in [0, 0.1) is 18.3 Å². The number of anilines is 1. The number of nitrogens with zero attached hydrogens (tertiary/aromatic N) is 1. The minimum Gasteiger partial charge on any atom is -0.444 e. The Morgan fingerprint density at radius 2 is 1.56 bits per heavy atom. The van der Waals surface area contributed by atoms with Crippen molar-refractivity contribution in [2.45, 2.75) is 78.6 Å². The van der Waals surface area contributed by atoms with Gasteiger partial charge in [0.1, 0.15) is 17.7 Å². The van der Waals surface area contributed by atoms with Crippen molar-refractivity contribution in [3.63, 3.8) is 0 Å². The van der Waals surface area contributed by atoms with Crippen LogP contribution in [0.5, 0.6) is 0 Å². The van der Waals surface area contributed by atoms with Gasteiger partial charge in [-0.15, -0.1) is 6.42 Å². The van der Waals surface area contributed by atoms with Crippen molar-refractivity contribution in [3.8, 4) is 12.3 Å². The number of fused-ring (bicyclic) bond motifs is 1. The molecule has 41 heavy (non-hydrogen) atoms. The monoisotopic (exact) mass is 555 g/mol. The second kappa shape index (κ2) is 13.4. The van der Waals surface area contributed by atoms with E-state index in [1.165, 1.54) is 4.90 Å². The topological polar surface area (TPSA) is 87.7 Å². The van der Waals surface area contributed by atoms with Crippen LogP contribution in [-0.2, 0) is 14.3 Å². The summed E-state index contributed by atoms with van der Waals surface area (Å²) in [6, 6.07) is 18.3. The maximum Gasteiger partial charge on any atom is 0.408 e. The van der Waals surface area contributed by atoms with Crippen LogP contribution in [0.2, 0.25) is 0 Å². The molecule has 3 aromatic rings. The highest BCUT2D eigenvalue weighted by Gasteiger charge is 2.38. The van der Waals surface area contributed by atoms with E-state index in [2.05, 4.69) is 16.6 Å². The van der Waals surface area contributed by atoms with Gasteiger partial charge >= 0.3 is 6.09 Å². The molecule has 0 aliphatic carbocycles. The van der Waals surface area contributed by atoms with Crippen LogP contribution in [0.25, 0.3) is 10.8 Å². The number of hydrogen-bond donors (Lipinski definition) is 2. The standard InChI is InChI=1S/C34H41N3O4/c1-9-24-14-16-26(17-15-24)30(31(38)35-28-19-18-25-12-10-11-13-27(25)21-28)37(23(4)5)32(39)29(20-22(2)3)36-33(40)41-34(6,7)8/h1,10-19,21-23,29-30H,20H2,2-8H3,(H,35,38)(H,36,40). The molecule has 3 rings (SSSR count). The molecular weight excluding hydrogens is 514 g/mol. The highest BCUT2D eigenvalue weighted by Crippen LogP contribution is 2.28. The van der Waals surface area contributed by atoms with Crippen LogP contribution < -0.4 is 10.6 Å². The molecule has 2 unspecified atom stereocenters. The Kier molecular flexibility index (Phi) is 10.2. The van der Waals surface area contributed by atoms with E-state index in [0.29, 0.717) is 23.2 Å². The molecule has 7 heteroatoms. The molecule has 0 bridgehead atoms. The van der Waals surface area contributed by atoms with Crippen LogP contribution in [0.3, 0.4) is 0 Å². The number of amides is 3. The molecule has 0 saturated heterocycles. The zero-order valence-electron chi connectivity index (χ0n) is 25.0. The summed E-state index contributed by atoms with van der Waals surface area (Å²) in [4.78, 5) is 42.6. The van der Waals surface area contributed by atoms with Crippen LogP contribution >= 0.6 is 0 Å². The molecule has 216 valence electrons. The molecule has 2 N–H and O–H groups in total. The number of hydrogen-bond acceptors (Lipinski definition) is 4. The molecule has 2 atom stereocenters. The van der Waals surface area contributed by atoms with Gasteiger partial charge in [-0.3, -0.25) is 9.59 Å². The Bertz CT molecular complexity index is 1410. The molecule has 0 aliphatic rings. The van der Waals surface area contributed by atoms with Crippen molar-refractivity contribution >= 4 is 34.4 Å². The number of ether oxygens (including phenoxy) is 1. The van der Waals surface area contributed by atoms with Crippen molar-refractivity contribution in [1.29, 1.82) is 0 Å². The molecule has 0 spiro atoms. The lowest BCUT2D eigenvalue weighted by Gasteiger charge is -2.37. The Balaban J connectivity index is 2.03. The fraction of sp³-hybridized carbons (Fsp3) is 0.382. The van der Waals surface area contributed by atoms with Crippen molar-refractivity contribution in [1.82, 2.24) is 10.2 Å². The minimum atomic E-state index is -0.990. The quantitative estimate of drug-likeness (QED) is 0.289. The van der Waals surface area contributed by atoms with Gasteiger partial charge in [0.15, 0.2) is 0 Å². The van der Waals surface area contributed by atoms with E-state index in [1.54, 1.807) is 45.0 Å². The zero-order valence-corrected chi connectivity index (χ0v) is 25.0. The van der Waals surface area contributed by atoms with Gasteiger partial charge in [-0.25, -0.2) is 4.79 Å². The van der Waals surface area contributed by atoms with Crippen molar-refractivity contribution in [2.75, 3.05) is 5.32 Å². The summed E-state index contributed by atoms with van der Waals surface area (Å²) < 4.78 is 5.45. The first-order chi connectivity index (χ1) is 19.3. The van der Waals surface area contributed by atoms with Gasteiger partial charge in [0.25, 0.3) is 5.91 Å². The third-order valence-corrected chi connectivity index (χ3v) is 6.44. The summed E-state index contributed by atoms with van der Waals surface area (Å²) in [5, 5.41) is 7.81. The normalized spacial score (nSPS) is 12.9. The molecule has 0 heterocycles. The molecule has 7 nitrogen and oxygen atoms in total. The zero-order chi connectivity index (χ0) is 30.3. The number of benzene rings is 3. The van der Waals surface area contributed by atoms with E-state index < -0.39 is 23.8 Å². The molecule has 0 radical (unpaired) electrons. The summed E-state index contributed by atoms with van der Waals surface area (Å²) in [5.41, 5.74) is 1.15. The van der Waals surface area contributed by atoms with Crippen LogP contribution in [0.1, 0.15) is 72.1 Å². The molecule has 3 aromatic carbocycles. The van der Waals surface area contributed by atoms with Crippen LogP contribution in [-0.4, -0.2) is 40.5 Å². The summed E-state index contributed by atoms with van der Waals surface area (Å²) >= 11 is 0. The van der Waals surface area contributed by atoms with Gasteiger partial charge in [0, 0.05) is 17.3 Å². The molecule has 0 saturated carbocycles. The first kappa shape index (κ1) is 31.2. The minimum absolute atomic E-state index is 0.0905. The summed E-state index contributed by atoms with van der Waals surface area (Å²) in [7, 11) is 0. The second-order valence-corrected chi connectivity index (χ2v) is 11.9. The largest absolute Gasteiger partial charge is 0.444 e. The first-order valence-corrected chi connectivity index (χ1v) is 14.0. The fourth-order valence-corrected chi connectivity index (χ4v) is 4.68. The van der Waals surface area contributed by atoms with E-state index in [4.69, 9.17) is 11.2 Å². The van der Waals surface area contributed by atoms with E-state index in [0.717, 1.165) is 10.8 Å². The third kappa shape index (κ3) is 8.59. The molecule has 0 aromatic heterocycles. The van der Waals surface area contributed by atoms with E-state index >= 15 is 0 Å². The first-order valence-electron chi connectivity index (χ1n) is 14.0. The Hall–Kier alpha value is -4.31. The Morgan fingerprint density at radius 1 is 0.927 bits per heavy atom. The lowest BCUT2D eigenvalue weighted by atomic mass is 9.97. The van der Waals surface area contributed by atoms with E-state index in [9.17, 15) is 14.4 Å². The number of rotatable bonds is 9.